The molecular weight excluding hydrogens is 400 g/mol. The number of ether oxygens (including phenoxy) is 2. The normalized spacial score (nSPS) is 14.0. The second-order valence-electron chi connectivity index (χ2n) is 7.06. The third-order valence-electron chi connectivity index (χ3n) is 4.97. The molecule has 1 amide bonds. The topological polar surface area (TPSA) is 101 Å². The average molecular weight is 426 g/mol. The number of piperazine rings is 1. The summed E-state index contributed by atoms with van der Waals surface area (Å²) < 4.78 is 9.82. The number of nitrogens with one attached hydrogen (secondary N) is 1. The van der Waals surface area contributed by atoms with Crippen molar-refractivity contribution in [1.29, 1.82) is 0 Å². The van der Waals surface area contributed by atoms with E-state index >= 15 is 0 Å². The number of esters is 1. The van der Waals surface area contributed by atoms with Crippen molar-refractivity contribution in [2.75, 3.05) is 57.9 Å². The lowest BCUT2D eigenvalue weighted by Gasteiger charge is -2.35. The minimum absolute atomic E-state index is 0.0414. The molecule has 1 aliphatic heterocycles. The molecule has 2 aromatic rings. The molecule has 0 unspecified atom stereocenters. The number of anilines is 1. The highest BCUT2D eigenvalue weighted by Crippen LogP contribution is 2.16. The second-order valence-corrected chi connectivity index (χ2v) is 7.06. The third-order valence-corrected chi connectivity index (χ3v) is 4.97. The molecule has 1 fully saturated rings. The predicted molar refractivity (Wildman–Crippen MR) is 114 cm³/mol. The van der Waals surface area contributed by atoms with Crippen molar-refractivity contribution in [2.24, 2.45) is 0 Å². The Hall–Kier alpha value is -3.46. The van der Waals surface area contributed by atoms with Crippen molar-refractivity contribution in [2.45, 2.75) is 0 Å². The number of hydrogen-bond acceptors (Lipinski definition) is 8. The van der Waals surface area contributed by atoms with Gasteiger partial charge < -0.3 is 19.7 Å². The van der Waals surface area contributed by atoms with Gasteiger partial charge in [-0.15, -0.1) is 0 Å². The molecule has 9 heteroatoms. The number of carbonyl (C=O) groups is 3. The van der Waals surface area contributed by atoms with Crippen LogP contribution in [0, 0.1) is 0 Å². The first-order valence-electron chi connectivity index (χ1n) is 10.0. The van der Waals surface area contributed by atoms with Crippen molar-refractivity contribution in [3.8, 4) is 5.75 Å². The Morgan fingerprint density at radius 2 is 1.68 bits per heavy atom. The molecule has 1 aromatic carbocycles. The number of rotatable bonds is 9. The summed E-state index contributed by atoms with van der Waals surface area (Å²) >= 11 is 0. The lowest BCUT2D eigenvalue weighted by molar-refractivity contribution is -0.141. The molecule has 31 heavy (non-hydrogen) atoms. The minimum Gasteiger partial charge on any atom is -0.484 e. The Morgan fingerprint density at radius 3 is 2.32 bits per heavy atom. The maximum Gasteiger partial charge on any atom is 0.325 e. The van der Waals surface area contributed by atoms with E-state index in [1.54, 1.807) is 36.7 Å². The quantitative estimate of drug-likeness (QED) is 0.463. The number of hydrogen-bond donors (Lipinski definition) is 1. The zero-order chi connectivity index (χ0) is 22.1. The van der Waals surface area contributed by atoms with Crippen LogP contribution in [0.3, 0.4) is 0 Å². The molecule has 3 rings (SSSR count). The van der Waals surface area contributed by atoms with E-state index in [0.29, 0.717) is 17.9 Å². The summed E-state index contributed by atoms with van der Waals surface area (Å²) in [6.07, 6.45) is 3.57. The van der Waals surface area contributed by atoms with Crippen LogP contribution in [0.4, 0.5) is 5.69 Å². The summed E-state index contributed by atoms with van der Waals surface area (Å²) in [4.78, 5) is 43.7. The summed E-state index contributed by atoms with van der Waals surface area (Å²) in [5.41, 5.74) is 1.74. The summed E-state index contributed by atoms with van der Waals surface area (Å²) in [7, 11) is 1.25. The highest BCUT2D eigenvalue weighted by atomic mass is 16.5. The van der Waals surface area contributed by atoms with Gasteiger partial charge in [-0.2, -0.15) is 0 Å². The molecule has 164 valence electrons. The summed E-state index contributed by atoms with van der Waals surface area (Å²) in [6, 6.07) is 10.7. The number of carbonyl (C=O) groups excluding carboxylic acids is 3. The maximum absolute atomic E-state index is 12.6. The summed E-state index contributed by atoms with van der Waals surface area (Å²) in [6.45, 7) is 3.28. The largest absolute Gasteiger partial charge is 0.484 e. The van der Waals surface area contributed by atoms with Gasteiger partial charge in [0.15, 0.2) is 12.4 Å². The van der Waals surface area contributed by atoms with E-state index in [1.807, 2.05) is 12.1 Å². The fraction of sp³-hybridized carbons (Fsp3) is 0.364. The van der Waals surface area contributed by atoms with Crippen LogP contribution in [0.15, 0.2) is 48.8 Å². The molecule has 0 bridgehead atoms. The standard InChI is InChI=1S/C22H26N4O5/c1-30-22(29)14-24-21(28)16-31-19-4-2-17(3-5-19)20(27)15-25-10-12-26(13-11-25)18-6-8-23-9-7-18/h2-9H,10-16H2,1H3,(H,24,28). The molecule has 1 N–H and O–H groups in total. The summed E-state index contributed by atoms with van der Waals surface area (Å²) in [5.74, 6) is -0.457. The van der Waals surface area contributed by atoms with Crippen molar-refractivity contribution in [1.82, 2.24) is 15.2 Å². The van der Waals surface area contributed by atoms with E-state index < -0.39 is 11.9 Å². The maximum atomic E-state index is 12.6. The van der Waals surface area contributed by atoms with Gasteiger partial charge in [0, 0.05) is 49.8 Å². The predicted octanol–water partition coefficient (Wildman–Crippen LogP) is 0.755. The van der Waals surface area contributed by atoms with Gasteiger partial charge in [0.2, 0.25) is 0 Å². The third kappa shape index (κ3) is 6.78. The van der Waals surface area contributed by atoms with Crippen molar-refractivity contribution in [3.05, 3.63) is 54.4 Å². The van der Waals surface area contributed by atoms with Crippen molar-refractivity contribution in [3.63, 3.8) is 0 Å². The van der Waals surface area contributed by atoms with Crippen LogP contribution in [0.1, 0.15) is 10.4 Å². The Bertz CT molecular complexity index is 881. The van der Waals surface area contributed by atoms with Crippen molar-refractivity contribution < 1.29 is 23.9 Å². The number of Topliss-reactive ketones (excluding diaryl/α,β-unsaturated/α-hetero) is 1. The number of ketones is 1. The van der Waals surface area contributed by atoms with Crippen LogP contribution < -0.4 is 15.0 Å². The molecule has 1 aliphatic rings. The van der Waals surface area contributed by atoms with Crippen LogP contribution in [-0.4, -0.2) is 80.5 Å². The fourth-order valence-electron chi connectivity index (χ4n) is 3.19. The van der Waals surface area contributed by atoms with Gasteiger partial charge in [0.05, 0.1) is 13.7 Å². The Kier molecular flexibility index (Phi) is 7.94. The Balaban J connectivity index is 1.41. The molecule has 1 saturated heterocycles. The molecule has 0 spiro atoms. The van der Waals surface area contributed by atoms with E-state index in [2.05, 4.69) is 24.8 Å². The molecule has 2 heterocycles. The van der Waals surface area contributed by atoms with E-state index in [0.717, 1.165) is 31.9 Å². The molecular formula is C22H26N4O5. The van der Waals surface area contributed by atoms with Gasteiger partial charge in [0.1, 0.15) is 12.3 Å². The zero-order valence-electron chi connectivity index (χ0n) is 17.5. The Morgan fingerprint density at radius 1 is 1.00 bits per heavy atom. The molecule has 0 radical (unpaired) electrons. The van der Waals surface area contributed by atoms with Crippen molar-refractivity contribution >= 4 is 23.3 Å². The average Bonchev–Trinajstić information content (AvgIpc) is 2.82. The van der Waals surface area contributed by atoms with Crippen LogP contribution in [-0.2, 0) is 14.3 Å². The molecule has 1 aromatic heterocycles. The number of methoxy groups -OCH3 is 1. The monoisotopic (exact) mass is 426 g/mol. The van der Waals surface area contributed by atoms with Crippen LogP contribution in [0.5, 0.6) is 5.75 Å². The SMILES string of the molecule is COC(=O)CNC(=O)COc1ccc(C(=O)CN2CCN(c3ccncc3)CC2)cc1. The number of amides is 1. The number of benzene rings is 1. The fourth-order valence-corrected chi connectivity index (χ4v) is 3.19. The highest BCUT2D eigenvalue weighted by Gasteiger charge is 2.20. The van der Waals surface area contributed by atoms with E-state index in [1.165, 1.54) is 7.11 Å². The first kappa shape index (κ1) is 22.2. The van der Waals surface area contributed by atoms with Gasteiger partial charge in [0.25, 0.3) is 5.91 Å². The minimum atomic E-state index is -0.532. The van der Waals surface area contributed by atoms with E-state index in [4.69, 9.17) is 4.74 Å². The lowest BCUT2D eigenvalue weighted by Crippen LogP contribution is -2.48. The lowest BCUT2D eigenvalue weighted by atomic mass is 10.1. The first-order valence-corrected chi connectivity index (χ1v) is 10.0. The number of nitrogens with zero attached hydrogens (tertiary/aromatic N) is 3. The highest BCUT2D eigenvalue weighted by molar-refractivity contribution is 5.97. The molecule has 9 nitrogen and oxygen atoms in total. The molecule has 0 saturated carbocycles. The van der Waals surface area contributed by atoms with E-state index in [-0.39, 0.29) is 18.9 Å². The van der Waals surface area contributed by atoms with Crippen LogP contribution in [0.25, 0.3) is 0 Å². The van der Waals surface area contributed by atoms with Gasteiger partial charge >= 0.3 is 5.97 Å². The first-order chi connectivity index (χ1) is 15.0. The smallest absolute Gasteiger partial charge is 0.325 e. The van der Waals surface area contributed by atoms with Gasteiger partial charge in [-0.1, -0.05) is 0 Å². The van der Waals surface area contributed by atoms with Gasteiger partial charge in [-0.25, -0.2) is 0 Å². The van der Waals surface area contributed by atoms with Gasteiger partial charge in [-0.3, -0.25) is 24.3 Å². The summed E-state index contributed by atoms with van der Waals surface area (Å²) in [5, 5.41) is 2.39. The van der Waals surface area contributed by atoms with Gasteiger partial charge in [-0.05, 0) is 36.4 Å². The molecule has 0 atom stereocenters. The van der Waals surface area contributed by atoms with E-state index in [9.17, 15) is 14.4 Å². The zero-order valence-corrected chi connectivity index (χ0v) is 17.5. The Labute approximate surface area is 180 Å². The number of aromatic nitrogens is 1. The second kappa shape index (κ2) is 11.1. The molecule has 0 aliphatic carbocycles. The van der Waals surface area contributed by atoms with Crippen LogP contribution in [0.2, 0.25) is 0 Å². The number of pyridine rings is 1. The van der Waals surface area contributed by atoms with Crippen LogP contribution >= 0.6 is 0 Å².